The van der Waals surface area contributed by atoms with E-state index >= 15 is 0 Å². The van der Waals surface area contributed by atoms with E-state index in [0.29, 0.717) is 11.1 Å². The topological polar surface area (TPSA) is 32.9 Å². The van der Waals surface area contributed by atoms with E-state index in [4.69, 9.17) is 0 Å². The standard InChI is InChI=1S/C12H8F3NO/c1-6-4-7(5-16-12(6)17)8-2-3-9(13)11(15)10(8)14/h2-5H,1H3,(H,16,17). The largest absolute Gasteiger partial charge is 0.328 e. The predicted octanol–water partition coefficient (Wildman–Crippen LogP) is 2.77. The van der Waals surface area contributed by atoms with Crippen molar-refractivity contribution in [3.63, 3.8) is 0 Å². The van der Waals surface area contributed by atoms with E-state index in [1.807, 2.05) is 0 Å². The quantitative estimate of drug-likeness (QED) is 0.762. The lowest BCUT2D eigenvalue weighted by Gasteiger charge is -2.05. The van der Waals surface area contributed by atoms with Gasteiger partial charge in [-0.2, -0.15) is 0 Å². The Morgan fingerprint density at radius 3 is 2.47 bits per heavy atom. The zero-order chi connectivity index (χ0) is 12.6. The first-order chi connectivity index (χ1) is 8.00. The smallest absolute Gasteiger partial charge is 0.250 e. The van der Waals surface area contributed by atoms with E-state index < -0.39 is 17.5 Å². The molecule has 1 heterocycles. The predicted molar refractivity (Wildman–Crippen MR) is 57.1 cm³/mol. The van der Waals surface area contributed by atoms with Gasteiger partial charge < -0.3 is 4.98 Å². The number of rotatable bonds is 1. The maximum Gasteiger partial charge on any atom is 0.250 e. The summed E-state index contributed by atoms with van der Waals surface area (Å²) in [6.07, 6.45) is 1.26. The van der Waals surface area contributed by atoms with Crippen LogP contribution in [0, 0.1) is 24.4 Å². The van der Waals surface area contributed by atoms with Crippen LogP contribution in [0.1, 0.15) is 5.56 Å². The van der Waals surface area contributed by atoms with Crippen molar-refractivity contribution in [1.29, 1.82) is 0 Å². The van der Waals surface area contributed by atoms with E-state index in [1.54, 1.807) is 6.92 Å². The molecule has 1 aromatic heterocycles. The second-order valence-corrected chi connectivity index (χ2v) is 3.62. The Labute approximate surface area is 94.7 Å². The summed E-state index contributed by atoms with van der Waals surface area (Å²) in [6.45, 7) is 1.54. The number of H-pyrrole nitrogens is 1. The van der Waals surface area contributed by atoms with Crippen LogP contribution >= 0.6 is 0 Å². The molecule has 0 bridgehead atoms. The molecule has 0 aliphatic rings. The molecule has 0 atom stereocenters. The number of aryl methyl sites for hydroxylation is 1. The fraction of sp³-hybridized carbons (Fsp3) is 0.0833. The van der Waals surface area contributed by atoms with Crippen molar-refractivity contribution in [3.05, 3.63) is 57.8 Å². The first kappa shape index (κ1) is 11.4. The van der Waals surface area contributed by atoms with Crippen molar-refractivity contribution >= 4 is 0 Å². The van der Waals surface area contributed by atoms with E-state index in [1.165, 1.54) is 12.3 Å². The van der Waals surface area contributed by atoms with Crippen LogP contribution in [0.2, 0.25) is 0 Å². The number of pyridine rings is 1. The molecule has 1 N–H and O–H groups in total. The van der Waals surface area contributed by atoms with Gasteiger partial charge in [0.25, 0.3) is 5.56 Å². The van der Waals surface area contributed by atoms with Crippen LogP contribution in [-0.2, 0) is 0 Å². The van der Waals surface area contributed by atoms with E-state index in [0.717, 1.165) is 12.1 Å². The highest BCUT2D eigenvalue weighted by atomic mass is 19.2. The molecule has 0 radical (unpaired) electrons. The normalized spacial score (nSPS) is 10.6. The van der Waals surface area contributed by atoms with Gasteiger partial charge in [0, 0.05) is 22.9 Å². The summed E-state index contributed by atoms with van der Waals surface area (Å²) in [6, 6.07) is 3.38. The highest BCUT2D eigenvalue weighted by Crippen LogP contribution is 2.25. The zero-order valence-electron chi connectivity index (χ0n) is 8.85. The van der Waals surface area contributed by atoms with Gasteiger partial charge in [-0.1, -0.05) is 0 Å². The van der Waals surface area contributed by atoms with E-state index in [2.05, 4.69) is 4.98 Å². The van der Waals surface area contributed by atoms with Gasteiger partial charge in [-0.25, -0.2) is 13.2 Å². The molecule has 17 heavy (non-hydrogen) atoms. The van der Waals surface area contributed by atoms with E-state index in [9.17, 15) is 18.0 Å². The molecule has 88 valence electrons. The fourth-order valence-electron chi connectivity index (χ4n) is 1.50. The summed E-state index contributed by atoms with van der Waals surface area (Å²) in [5.74, 6) is -4.03. The lowest BCUT2D eigenvalue weighted by atomic mass is 10.1. The molecular formula is C12H8F3NO. The lowest BCUT2D eigenvalue weighted by molar-refractivity contribution is 0.449. The summed E-state index contributed by atoms with van der Waals surface area (Å²) < 4.78 is 39.3. The van der Waals surface area contributed by atoms with Crippen LogP contribution in [-0.4, -0.2) is 4.98 Å². The highest BCUT2D eigenvalue weighted by Gasteiger charge is 2.14. The summed E-state index contributed by atoms with van der Waals surface area (Å²) in [5, 5.41) is 0. The molecule has 0 fully saturated rings. The van der Waals surface area contributed by atoms with Crippen LogP contribution in [0.4, 0.5) is 13.2 Å². The summed E-state index contributed by atoms with van der Waals surface area (Å²) in [5.41, 5.74) is 0.255. The SMILES string of the molecule is Cc1cc(-c2ccc(F)c(F)c2F)c[nH]c1=O. The zero-order valence-corrected chi connectivity index (χ0v) is 8.85. The molecule has 0 saturated heterocycles. The highest BCUT2D eigenvalue weighted by molar-refractivity contribution is 5.63. The van der Waals surface area contributed by atoms with Crippen LogP contribution < -0.4 is 5.56 Å². The van der Waals surface area contributed by atoms with Gasteiger partial charge in [0.1, 0.15) is 0 Å². The second kappa shape index (κ2) is 4.08. The average Bonchev–Trinajstić information content (AvgIpc) is 2.30. The molecule has 0 amide bonds. The fourth-order valence-corrected chi connectivity index (χ4v) is 1.50. The molecule has 0 unspecified atom stereocenters. The van der Waals surface area contributed by atoms with Crippen molar-refractivity contribution in [2.24, 2.45) is 0 Å². The number of hydrogen-bond acceptors (Lipinski definition) is 1. The number of benzene rings is 1. The van der Waals surface area contributed by atoms with Gasteiger partial charge in [0.15, 0.2) is 17.5 Å². The molecule has 0 spiro atoms. The molecular weight excluding hydrogens is 231 g/mol. The van der Waals surface area contributed by atoms with Crippen molar-refractivity contribution < 1.29 is 13.2 Å². The van der Waals surface area contributed by atoms with Gasteiger partial charge in [0.05, 0.1) is 0 Å². The molecule has 0 saturated carbocycles. The molecule has 0 aliphatic heterocycles. The number of halogens is 3. The first-order valence-corrected chi connectivity index (χ1v) is 4.84. The minimum Gasteiger partial charge on any atom is -0.328 e. The Bertz CT molecular complexity index is 634. The third-order valence-electron chi connectivity index (χ3n) is 2.44. The van der Waals surface area contributed by atoms with Gasteiger partial charge >= 0.3 is 0 Å². The van der Waals surface area contributed by atoms with Crippen molar-refractivity contribution in [2.45, 2.75) is 6.92 Å². The monoisotopic (exact) mass is 239 g/mol. The maximum absolute atomic E-state index is 13.5. The summed E-state index contributed by atoms with van der Waals surface area (Å²) >= 11 is 0. The Morgan fingerprint density at radius 2 is 1.82 bits per heavy atom. The van der Waals surface area contributed by atoms with Crippen LogP contribution in [0.15, 0.2) is 29.2 Å². The molecule has 2 aromatic rings. The van der Waals surface area contributed by atoms with E-state index in [-0.39, 0.29) is 11.1 Å². The molecule has 0 aliphatic carbocycles. The molecule has 5 heteroatoms. The second-order valence-electron chi connectivity index (χ2n) is 3.62. The summed E-state index contributed by atoms with van der Waals surface area (Å²) in [4.78, 5) is 13.5. The van der Waals surface area contributed by atoms with Crippen molar-refractivity contribution in [3.8, 4) is 11.1 Å². The molecule has 2 nitrogen and oxygen atoms in total. The first-order valence-electron chi connectivity index (χ1n) is 4.84. The summed E-state index contributed by atoms with van der Waals surface area (Å²) in [7, 11) is 0. The number of aromatic amines is 1. The number of aromatic nitrogens is 1. The third kappa shape index (κ3) is 1.95. The Hall–Kier alpha value is -2.04. The molecule has 1 aromatic carbocycles. The Balaban J connectivity index is 2.65. The van der Waals surface area contributed by atoms with Crippen molar-refractivity contribution in [2.75, 3.05) is 0 Å². The molecule has 2 rings (SSSR count). The Morgan fingerprint density at radius 1 is 1.12 bits per heavy atom. The third-order valence-corrected chi connectivity index (χ3v) is 2.44. The van der Waals surface area contributed by atoms with Crippen LogP contribution in [0.3, 0.4) is 0 Å². The number of hydrogen-bond donors (Lipinski definition) is 1. The average molecular weight is 239 g/mol. The van der Waals surface area contributed by atoms with Gasteiger partial charge in [-0.15, -0.1) is 0 Å². The number of nitrogens with one attached hydrogen (secondary N) is 1. The van der Waals surface area contributed by atoms with Crippen LogP contribution in [0.25, 0.3) is 11.1 Å². The van der Waals surface area contributed by atoms with Gasteiger partial charge in [-0.3, -0.25) is 4.79 Å². The van der Waals surface area contributed by atoms with Gasteiger partial charge in [-0.05, 0) is 25.1 Å². The van der Waals surface area contributed by atoms with Crippen LogP contribution in [0.5, 0.6) is 0 Å². The Kier molecular flexibility index (Phi) is 2.75. The van der Waals surface area contributed by atoms with Crippen molar-refractivity contribution in [1.82, 2.24) is 4.98 Å². The minimum atomic E-state index is -1.52. The minimum absolute atomic E-state index is 0.0942. The lowest BCUT2D eigenvalue weighted by Crippen LogP contribution is -2.08. The van der Waals surface area contributed by atoms with Gasteiger partial charge in [0.2, 0.25) is 0 Å². The maximum atomic E-state index is 13.5.